The Labute approximate surface area is 234 Å². The SMILES string of the molecule is Cc1ccc(NC(=O)c2ccc(CNC(=O)O)cc2)cc1Nc1cc(-c2cccc3c2oc2ccccc23)ncn1. The number of amides is 2. The Bertz CT molecular complexity index is 1910. The lowest BCUT2D eigenvalue weighted by molar-refractivity contribution is 0.102. The molecule has 0 aliphatic rings. The molecule has 0 fully saturated rings. The zero-order valence-corrected chi connectivity index (χ0v) is 22.0. The Balaban J connectivity index is 1.22. The molecule has 0 radical (unpaired) electrons. The third-order valence-electron chi connectivity index (χ3n) is 6.77. The minimum Gasteiger partial charge on any atom is -0.465 e. The van der Waals surface area contributed by atoms with Crippen LogP contribution in [0.15, 0.2) is 102 Å². The number of rotatable bonds is 7. The lowest BCUT2D eigenvalue weighted by Gasteiger charge is -2.13. The van der Waals surface area contributed by atoms with Crippen LogP contribution in [0.3, 0.4) is 0 Å². The Morgan fingerprint density at radius 2 is 1.68 bits per heavy atom. The number of carboxylic acid groups (broad SMARTS) is 1. The van der Waals surface area contributed by atoms with Gasteiger partial charge in [0.15, 0.2) is 0 Å². The molecule has 0 aliphatic heterocycles. The molecule has 0 atom stereocenters. The fraction of sp³-hybridized carbons (Fsp3) is 0.0625. The van der Waals surface area contributed by atoms with Crippen molar-refractivity contribution in [2.45, 2.75) is 13.5 Å². The molecule has 0 saturated carbocycles. The molecule has 6 rings (SSSR count). The molecule has 9 nitrogen and oxygen atoms in total. The number of aromatic nitrogens is 2. The Hall–Kier alpha value is -5.70. The van der Waals surface area contributed by atoms with Crippen molar-refractivity contribution >= 4 is 51.1 Å². The molecule has 9 heteroatoms. The smallest absolute Gasteiger partial charge is 0.404 e. The van der Waals surface area contributed by atoms with Crippen LogP contribution in [0.25, 0.3) is 33.2 Å². The molecule has 4 aromatic carbocycles. The lowest BCUT2D eigenvalue weighted by atomic mass is 10.1. The van der Waals surface area contributed by atoms with E-state index in [1.165, 1.54) is 6.33 Å². The van der Waals surface area contributed by atoms with Crippen molar-refractivity contribution in [1.29, 1.82) is 0 Å². The van der Waals surface area contributed by atoms with Gasteiger partial charge in [0.1, 0.15) is 23.3 Å². The van der Waals surface area contributed by atoms with E-state index in [0.29, 0.717) is 17.1 Å². The minimum absolute atomic E-state index is 0.169. The van der Waals surface area contributed by atoms with Crippen LogP contribution in [-0.2, 0) is 6.54 Å². The number of hydrogen-bond donors (Lipinski definition) is 4. The van der Waals surface area contributed by atoms with E-state index in [4.69, 9.17) is 9.52 Å². The summed E-state index contributed by atoms with van der Waals surface area (Å²) in [4.78, 5) is 32.5. The normalized spacial score (nSPS) is 11.0. The van der Waals surface area contributed by atoms with Crippen LogP contribution in [0.2, 0.25) is 0 Å². The zero-order chi connectivity index (χ0) is 28.3. The molecule has 202 valence electrons. The van der Waals surface area contributed by atoms with E-state index in [-0.39, 0.29) is 12.5 Å². The minimum atomic E-state index is -1.10. The first-order chi connectivity index (χ1) is 19.9. The average molecular weight is 544 g/mol. The van der Waals surface area contributed by atoms with Crippen LogP contribution in [0, 0.1) is 6.92 Å². The number of anilines is 3. The van der Waals surface area contributed by atoms with E-state index in [0.717, 1.165) is 50.0 Å². The van der Waals surface area contributed by atoms with Crippen LogP contribution in [0.1, 0.15) is 21.5 Å². The Morgan fingerprint density at radius 1 is 0.878 bits per heavy atom. The predicted octanol–water partition coefficient (Wildman–Crippen LogP) is 7.11. The van der Waals surface area contributed by atoms with Crippen molar-refractivity contribution in [2.24, 2.45) is 0 Å². The highest BCUT2D eigenvalue weighted by Gasteiger charge is 2.14. The number of furan rings is 1. The standard InChI is InChI=1S/C32H25N5O4/c1-19-9-14-22(36-31(38)21-12-10-20(11-13-21)17-33-32(39)40)15-26(19)37-29-16-27(34-18-35-29)25-7-4-6-24-23-5-2-3-8-28(23)41-30(24)25/h2-16,18,33H,17H2,1H3,(H,36,38)(H,39,40)(H,34,35,37). The van der Waals surface area contributed by atoms with E-state index in [1.807, 2.05) is 73.7 Å². The van der Waals surface area contributed by atoms with Crippen molar-refractivity contribution in [2.75, 3.05) is 10.6 Å². The quantitative estimate of drug-likeness (QED) is 0.169. The van der Waals surface area contributed by atoms with Gasteiger partial charge in [0.25, 0.3) is 5.91 Å². The van der Waals surface area contributed by atoms with Crippen LogP contribution >= 0.6 is 0 Å². The molecular weight excluding hydrogens is 518 g/mol. The number of benzene rings is 4. The summed E-state index contributed by atoms with van der Waals surface area (Å²) >= 11 is 0. The van der Waals surface area contributed by atoms with Gasteiger partial charge in [-0.05, 0) is 54.4 Å². The number of nitrogens with zero attached hydrogens (tertiary/aromatic N) is 2. The highest BCUT2D eigenvalue weighted by Crippen LogP contribution is 2.35. The van der Waals surface area contributed by atoms with E-state index < -0.39 is 6.09 Å². The number of para-hydroxylation sites is 2. The maximum atomic E-state index is 12.8. The third-order valence-corrected chi connectivity index (χ3v) is 6.77. The maximum Gasteiger partial charge on any atom is 0.404 e. The van der Waals surface area contributed by atoms with Crippen molar-refractivity contribution in [3.63, 3.8) is 0 Å². The fourth-order valence-corrected chi connectivity index (χ4v) is 4.65. The summed E-state index contributed by atoms with van der Waals surface area (Å²) in [6, 6.07) is 28.2. The largest absolute Gasteiger partial charge is 0.465 e. The molecule has 0 saturated heterocycles. The van der Waals surface area contributed by atoms with Gasteiger partial charge in [-0.15, -0.1) is 0 Å². The van der Waals surface area contributed by atoms with E-state index in [2.05, 4.69) is 25.9 Å². The van der Waals surface area contributed by atoms with Gasteiger partial charge in [0.05, 0.1) is 5.69 Å². The first kappa shape index (κ1) is 25.6. The fourth-order valence-electron chi connectivity index (χ4n) is 4.65. The Morgan fingerprint density at radius 3 is 2.51 bits per heavy atom. The van der Waals surface area contributed by atoms with E-state index in [9.17, 15) is 9.59 Å². The summed E-state index contributed by atoms with van der Waals surface area (Å²) in [5.74, 6) is 0.320. The zero-order valence-electron chi connectivity index (χ0n) is 22.0. The van der Waals surface area contributed by atoms with Gasteiger partial charge in [-0.2, -0.15) is 0 Å². The summed E-state index contributed by atoms with van der Waals surface area (Å²) in [6.07, 6.45) is 0.410. The number of carbonyl (C=O) groups excluding carboxylic acids is 1. The van der Waals surface area contributed by atoms with E-state index >= 15 is 0 Å². The Kier molecular flexibility index (Phi) is 6.75. The summed E-state index contributed by atoms with van der Waals surface area (Å²) in [6.45, 7) is 2.14. The number of carbonyl (C=O) groups is 2. The van der Waals surface area contributed by atoms with Crippen molar-refractivity contribution < 1.29 is 19.1 Å². The molecule has 6 aromatic rings. The number of hydrogen-bond acceptors (Lipinski definition) is 6. The highest BCUT2D eigenvalue weighted by atomic mass is 16.4. The molecule has 0 spiro atoms. The van der Waals surface area contributed by atoms with Gasteiger partial charge in [0, 0.05) is 45.9 Å². The second kappa shape index (κ2) is 10.8. The second-order valence-electron chi connectivity index (χ2n) is 9.53. The topological polar surface area (TPSA) is 129 Å². The predicted molar refractivity (Wildman–Crippen MR) is 158 cm³/mol. The lowest BCUT2D eigenvalue weighted by Crippen LogP contribution is -2.20. The maximum absolute atomic E-state index is 12.8. The van der Waals surface area contributed by atoms with E-state index in [1.54, 1.807) is 24.3 Å². The molecule has 0 unspecified atom stereocenters. The molecular formula is C32H25N5O4. The highest BCUT2D eigenvalue weighted by molar-refractivity contribution is 6.09. The van der Waals surface area contributed by atoms with Crippen molar-refractivity contribution in [3.05, 3.63) is 114 Å². The molecule has 2 aromatic heterocycles. The molecule has 4 N–H and O–H groups in total. The van der Waals surface area contributed by atoms with Gasteiger partial charge in [-0.1, -0.05) is 48.5 Å². The molecule has 0 bridgehead atoms. The number of nitrogens with one attached hydrogen (secondary N) is 3. The monoisotopic (exact) mass is 543 g/mol. The number of aryl methyl sites for hydroxylation is 1. The summed E-state index contributed by atoms with van der Waals surface area (Å²) in [5, 5.41) is 19.4. The summed E-state index contributed by atoms with van der Waals surface area (Å²) in [5.41, 5.74) is 6.76. The van der Waals surface area contributed by atoms with Crippen LogP contribution in [-0.4, -0.2) is 27.1 Å². The summed E-state index contributed by atoms with van der Waals surface area (Å²) < 4.78 is 6.18. The molecule has 2 amide bonds. The van der Waals surface area contributed by atoms with Crippen LogP contribution in [0.4, 0.5) is 22.0 Å². The van der Waals surface area contributed by atoms with Crippen LogP contribution in [0.5, 0.6) is 0 Å². The first-order valence-electron chi connectivity index (χ1n) is 12.9. The van der Waals surface area contributed by atoms with Crippen LogP contribution < -0.4 is 16.0 Å². The number of fused-ring (bicyclic) bond motifs is 3. The van der Waals surface area contributed by atoms with Crippen molar-refractivity contribution in [3.8, 4) is 11.3 Å². The van der Waals surface area contributed by atoms with Gasteiger partial charge < -0.3 is 25.5 Å². The molecule has 0 aliphatic carbocycles. The second-order valence-corrected chi connectivity index (χ2v) is 9.53. The van der Waals surface area contributed by atoms with Gasteiger partial charge in [-0.25, -0.2) is 14.8 Å². The third kappa shape index (κ3) is 5.41. The van der Waals surface area contributed by atoms with Gasteiger partial charge in [0.2, 0.25) is 0 Å². The first-order valence-corrected chi connectivity index (χ1v) is 12.9. The van der Waals surface area contributed by atoms with Gasteiger partial charge >= 0.3 is 6.09 Å². The summed E-state index contributed by atoms with van der Waals surface area (Å²) in [7, 11) is 0. The average Bonchev–Trinajstić information content (AvgIpc) is 3.37. The molecule has 41 heavy (non-hydrogen) atoms. The van der Waals surface area contributed by atoms with Gasteiger partial charge in [-0.3, -0.25) is 4.79 Å². The van der Waals surface area contributed by atoms with Crippen molar-refractivity contribution in [1.82, 2.24) is 15.3 Å². The molecule has 2 heterocycles.